The van der Waals surface area contributed by atoms with Crippen LogP contribution in [0, 0.1) is 0 Å². The number of nitrogens with zero attached hydrogens (tertiary/aromatic N) is 1. The zero-order valence-corrected chi connectivity index (χ0v) is 10.6. The summed E-state index contributed by atoms with van der Waals surface area (Å²) in [6.07, 6.45) is 6.57. The van der Waals surface area contributed by atoms with E-state index < -0.39 is 0 Å². The highest BCUT2D eigenvalue weighted by molar-refractivity contribution is 5.14. The van der Waals surface area contributed by atoms with Gasteiger partial charge in [0.05, 0.1) is 0 Å². The van der Waals surface area contributed by atoms with Gasteiger partial charge in [-0.1, -0.05) is 30.3 Å². The number of unbranched alkanes of at least 4 members (excludes halogenated alkanes) is 1. The van der Waals surface area contributed by atoms with E-state index in [4.69, 9.17) is 5.73 Å². The molecule has 1 aromatic rings. The highest BCUT2D eigenvalue weighted by atomic mass is 15.2. The van der Waals surface area contributed by atoms with Gasteiger partial charge in [0, 0.05) is 19.1 Å². The average molecular weight is 232 g/mol. The predicted octanol–water partition coefficient (Wildman–Crippen LogP) is 2.43. The first-order valence-corrected chi connectivity index (χ1v) is 6.88. The molecule has 1 aromatic carbocycles. The molecule has 2 rings (SSSR count). The van der Waals surface area contributed by atoms with E-state index in [0.29, 0.717) is 0 Å². The molecular formula is C15H24N2. The number of hydrogen-bond donors (Lipinski definition) is 1. The van der Waals surface area contributed by atoms with E-state index in [-0.39, 0.29) is 0 Å². The van der Waals surface area contributed by atoms with Crippen molar-refractivity contribution in [3.05, 3.63) is 35.9 Å². The largest absolute Gasteiger partial charge is 0.329 e. The van der Waals surface area contributed by atoms with Crippen molar-refractivity contribution >= 4 is 0 Å². The first kappa shape index (κ1) is 12.6. The Bertz CT molecular complexity index is 306. The van der Waals surface area contributed by atoms with Crippen LogP contribution in [0.1, 0.15) is 31.2 Å². The van der Waals surface area contributed by atoms with Gasteiger partial charge in [0.1, 0.15) is 0 Å². The van der Waals surface area contributed by atoms with E-state index >= 15 is 0 Å². The Morgan fingerprint density at radius 3 is 2.47 bits per heavy atom. The molecular weight excluding hydrogens is 208 g/mol. The third-order valence-electron chi connectivity index (χ3n) is 3.48. The van der Waals surface area contributed by atoms with E-state index in [9.17, 15) is 0 Å². The van der Waals surface area contributed by atoms with E-state index in [1.807, 2.05) is 0 Å². The predicted molar refractivity (Wildman–Crippen MR) is 73.0 cm³/mol. The van der Waals surface area contributed by atoms with Crippen molar-refractivity contribution < 1.29 is 0 Å². The first-order valence-electron chi connectivity index (χ1n) is 6.88. The fourth-order valence-corrected chi connectivity index (χ4v) is 2.37. The zero-order valence-electron chi connectivity index (χ0n) is 10.6. The summed E-state index contributed by atoms with van der Waals surface area (Å²) in [4.78, 5) is 2.57. The maximum Gasteiger partial charge on any atom is 0.0108 e. The molecule has 0 aromatic heterocycles. The molecule has 17 heavy (non-hydrogen) atoms. The van der Waals surface area contributed by atoms with Crippen molar-refractivity contribution in [2.24, 2.45) is 5.73 Å². The maximum atomic E-state index is 5.65. The minimum atomic E-state index is 0.801. The van der Waals surface area contributed by atoms with Gasteiger partial charge < -0.3 is 5.73 Å². The lowest BCUT2D eigenvalue weighted by Crippen LogP contribution is -2.32. The standard InChI is InChI=1S/C15H24N2/c16-11-13-17(15-9-10-15)12-5-4-8-14-6-2-1-3-7-14/h1-3,6-7,15H,4-5,8-13,16H2. The minimum absolute atomic E-state index is 0.801. The zero-order chi connectivity index (χ0) is 11.9. The van der Waals surface area contributed by atoms with Crippen molar-refractivity contribution in [1.29, 1.82) is 0 Å². The molecule has 1 aliphatic rings. The van der Waals surface area contributed by atoms with Crippen LogP contribution in [-0.2, 0) is 6.42 Å². The summed E-state index contributed by atoms with van der Waals surface area (Å²) >= 11 is 0. The molecule has 0 spiro atoms. The van der Waals surface area contributed by atoms with Gasteiger partial charge in [0.2, 0.25) is 0 Å². The Labute approximate surface area is 105 Å². The van der Waals surface area contributed by atoms with Crippen LogP contribution in [0.5, 0.6) is 0 Å². The topological polar surface area (TPSA) is 29.3 Å². The molecule has 0 bridgehead atoms. The molecule has 1 fully saturated rings. The SMILES string of the molecule is NCCN(CCCCc1ccccc1)C1CC1. The van der Waals surface area contributed by atoms with Gasteiger partial charge in [-0.3, -0.25) is 4.90 Å². The van der Waals surface area contributed by atoms with Crippen LogP contribution in [0.25, 0.3) is 0 Å². The van der Waals surface area contributed by atoms with Crippen LogP contribution in [0.2, 0.25) is 0 Å². The van der Waals surface area contributed by atoms with Crippen molar-refractivity contribution in [1.82, 2.24) is 4.90 Å². The van der Waals surface area contributed by atoms with E-state index in [0.717, 1.165) is 19.1 Å². The molecule has 2 nitrogen and oxygen atoms in total. The second-order valence-electron chi connectivity index (χ2n) is 5.00. The molecule has 0 radical (unpaired) electrons. The first-order chi connectivity index (χ1) is 8.40. The van der Waals surface area contributed by atoms with E-state index in [2.05, 4.69) is 35.2 Å². The quantitative estimate of drug-likeness (QED) is 0.698. The summed E-state index contributed by atoms with van der Waals surface area (Å²) < 4.78 is 0. The van der Waals surface area contributed by atoms with E-state index in [1.54, 1.807) is 0 Å². The number of hydrogen-bond acceptors (Lipinski definition) is 2. The average Bonchev–Trinajstić information content (AvgIpc) is 3.19. The number of aryl methyl sites for hydroxylation is 1. The minimum Gasteiger partial charge on any atom is -0.329 e. The molecule has 0 unspecified atom stereocenters. The third kappa shape index (κ3) is 4.49. The number of rotatable bonds is 8. The molecule has 94 valence electrons. The number of benzene rings is 1. The van der Waals surface area contributed by atoms with Crippen LogP contribution >= 0.6 is 0 Å². The van der Waals surface area contributed by atoms with Gasteiger partial charge in [0.15, 0.2) is 0 Å². The van der Waals surface area contributed by atoms with Gasteiger partial charge in [-0.25, -0.2) is 0 Å². The fourth-order valence-electron chi connectivity index (χ4n) is 2.37. The van der Waals surface area contributed by atoms with Crippen molar-refractivity contribution in [3.63, 3.8) is 0 Å². The van der Waals surface area contributed by atoms with E-state index in [1.165, 1.54) is 44.2 Å². The van der Waals surface area contributed by atoms with Crippen molar-refractivity contribution in [3.8, 4) is 0 Å². The van der Waals surface area contributed by atoms with Gasteiger partial charge >= 0.3 is 0 Å². The van der Waals surface area contributed by atoms with Crippen LogP contribution in [0.15, 0.2) is 30.3 Å². The Kier molecular flexibility index (Phi) is 5.02. The summed E-state index contributed by atoms with van der Waals surface area (Å²) in [5, 5.41) is 0. The fraction of sp³-hybridized carbons (Fsp3) is 0.600. The molecule has 2 N–H and O–H groups in total. The van der Waals surface area contributed by atoms with Crippen LogP contribution in [0.3, 0.4) is 0 Å². The summed E-state index contributed by atoms with van der Waals surface area (Å²) in [5.74, 6) is 0. The summed E-state index contributed by atoms with van der Waals surface area (Å²) in [6, 6.07) is 11.6. The molecule has 2 heteroatoms. The molecule has 0 heterocycles. The highest BCUT2D eigenvalue weighted by Gasteiger charge is 2.27. The van der Waals surface area contributed by atoms with Crippen molar-refractivity contribution in [2.75, 3.05) is 19.6 Å². The molecule has 1 saturated carbocycles. The lowest BCUT2D eigenvalue weighted by atomic mass is 10.1. The smallest absolute Gasteiger partial charge is 0.0108 e. The second-order valence-corrected chi connectivity index (χ2v) is 5.00. The molecule has 0 saturated heterocycles. The van der Waals surface area contributed by atoms with Gasteiger partial charge in [0.25, 0.3) is 0 Å². The Hall–Kier alpha value is -0.860. The summed E-state index contributed by atoms with van der Waals surface area (Å²) in [6.45, 7) is 3.11. The Balaban J connectivity index is 1.61. The third-order valence-corrected chi connectivity index (χ3v) is 3.48. The van der Waals surface area contributed by atoms with Crippen LogP contribution < -0.4 is 5.73 Å². The van der Waals surface area contributed by atoms with Gasteiger partial charge in [-0.2, -0.15) is 0 Å². The lowest BCUT2D eigenvalue weighted by molar-refractivity contribution is 0.265. The van der Waals surface area contributed by atoms with Crippen molar-refractivity contribution in [2.45, 2.75) is 38.1 Å². The maximum absolute atomic E-state index is 5.65. The normalized spacial score (nSPS) is 15.4. The Morgan fingerprint density at radius 1 is 1.06 bits per heavy atom. The molecule has 0 amide bonds. The summed E-state index contributed by atoms with van der Waals surface area (Å²) in [7, 11) is 0. The van der Waals surface area contributed by atoms with Crippen LogP contribution in [-0.4, -0.2) is 30.6 Å². The Morgan fingerprint density at radius 2 is 1.82 bits per heavy atom. The highest BCUT2D eigenvalue weighted by Crippen LogP contribution is 2.26. The van der Waals surface area contributed by atoms with Crippen LogP contribution in [0.4, 0.5) is 0 Å². The molecule has 0 aliphatic heterocycles. The number of nitrogens with two attached hydrogens (primary N) is 1. The van der Waals surface area contributed by atoms with Gasteiger partial charge in [-0.15, -0.1) is 0 Å². The monoisotopic (exact) mass is 232 g/mol. The molecule has 1 aliphatic carbocycles. The molecule has 0 atom stereocenters. The second kappa shape index (κ2) is 6.77. The van der Waals surface area contributed by atoms with Gasteiger partial charge in [-0.05, 0) is 44.2 Å². The summed E-state index contributed by atoms with van der Waals surface area (Å²) in [5.41, 5.74) is 7.11. The lowest BCUT2D eigenvalue weighted by Gasteiger charge is -2.20.